The molecule has 2 aromatic rings. The first-order valence-electron chi connectivity index (χ1n) is 6.43. The van der Waals surface area contributed by atoms with E-state index < -0.39 is 0 Å². The maximum absolute atomic E-state index is 5.11. The van der Waals surface area contributed by atoms with E-state index in [9.17, 15) is 0 Å². The Bertz CT molecular complexity index is 479. The Labute approximate surface area is 122 Å². The number of hydrogen-bond acceptors (Lipinski definition) is 5. The van der Waals surface area contributed by atoms with Gasteiger partial charge >= 0.3 is 0 Å². The molecule has 5 heteroatoms. The predicted octanol–water partition coefficient (Wildman–Crippen LogP) is 3.65. The van der Waals surface area contributed by atoms with Gasteiger partial charge in [0, 0.05) is 23.9 Å². The molecule has 0 saturated carbocycles. The first-order valence-corrected chi connectivity index (χ1v) is 8.19. The topological polar surface area (TPSA) is 34.1 Å². The monoisotopic (exact) mass is 296 g/mol. The summed E-state index contributed by atoms with van der Waals surface area (Å²) >= 11 is 3.50. The second-order valence-corrected chi connectivity index (χ2v) is 6.53. The Morgan fingerprint density at radius 2 is 2.21 bits per heavy atom. The predicted molar refractivity (Wildman–Crippen MR) is 82.2 cm³/mol. The van der Waals surface area contributed by atoms with Crippen molar-refractivity contribution in [1.82, 2.24) is 10.3 Å². The van der Waals surface area contributed by atoms with Crippen LogP contribution in [0.15, 0.2) is 22.9 Å². The van der Waals surface area contributed by atoms with Crippen LogP contribution in [0.25, 0.3) is 0 Å². The molecule has 0 saturated heterocycles. The molecule has 1 N–H and O–H groups in total. The number of methoxy groups -OCH3 is 1. The molecule has 1 atom stereocenters. The van der Waals surface area contributed by atoms with Crippen molar-refractivity contribution in [2.24, 2.45) is 0 Å². The fourth-order valence-electron chi connectivity index (χ4n) is 1.77. The molecule has 2 aromatic heterocycles. The smallest absolute Gasteiger partial charge is 0.115 e. The zero-order valence-corrected chi connectivity index (χ0v) is 13.2. The van der Waals surface area contributed by atoms with Crippen LogP contribution in [-0.2, 0) is 4.74 Å². The van der Waals surface area contributed by atoms with E-state index in [1.807, 2.05) is 0 Å². The third-order valence-electron chi connectivity index (χ3n) is 2.86. The van der Waals surface area contributed by atoms with E-state index in [1.54, 1.807) is 29.8 Å². The summed E-state index contributed by atoms with van der Waals surface area (Å²) in [4.78, 5) is 6.07. The third-order valence-corrected chi connectivity index (χ3v) is 4.73. The SMILES string of the molecule is COCCNC(c1cccs1)c1nc(C(C)C)cs1. The van der Waals surface area contributed by atoms with Gasteiger partial charge in [0.1, 0.15) is 5.01 Å². The molecule has 19 heavy (non-hydrogen) atoms. The Hall–Kier alpha value is -0.750. The molecule has 0 radical (unpaired) electrons. The first-order chi connectivity index (χ1) is 9.22. The molecule has 104 valence electrons. The molecule has 2 heterocycles. The van der Waals surface area contributed by atoms with Gasteiger partial charge in [-0.2, -0.15) is 0 Å². The van der Waals surface area contributed by atoms with E-state index in [1.165, 1.54) is 10.6 Å². The molecule has 0 amide bonds. The molecule has 3 nitrogen and oxygen atoms in total. The zero-order chi connectivity index (χ0) is 13.7. The van der Waals surface area contributed by atoms with Crippen LogP contribution in [0.1, 0.15) is 41.4 Å². The van der Waals surface area contributed by atoms with Crippen LogP contribution in [-0.4, -0.2) is 25.2 Å². The van der Waals surface area contributed by atoms with Gasteiger partial charge < -0.3 is 10.1 Å². The molecule has 0 bridgehead atoms. The summed E-state index contributed by atoms with van der Waals surface area (Å²) in [5, 5.41) is 8.94. The van der Waals surface area contributed by atoms with Crippen LogP contribution < -0.4 is 5.32 Å². The summed E-state index contributed by atoms with van der Waals surface area (Å²) in [7, 11) is 1.72. The quantitative estimate of drug-likeness (QED) is 0.792. The van der Waals surface area contributed by atoms with E-state index >= 15 is 0 Å². The molecule has 0 aromatic carbocycles. The highest BCUT2D eigenvalue weighted by Crippen LogP contribution is 2.29. The lowest BCUT2D eigenvalue weighted by molar-refractivity contribution is 0.197. The highest BCUT2D eigenvalue weighted by molar-refractivity contribution is 7.11. The maximum Gasteiger partial charge on any atom is 0.115 e. The van der Waals surface area contributed by atoms with Crippen LogP contribution in [0, 0.1) is 0 Å². The van der Waals surface area contributed by atoms with Gasteiger partial charge in [0.15, 0.2) is 0 Å². The van der Waals surface area contributed by atoms with Crippen LogP contribution in [0.5, 0.6) is 0 Å². The van der Waals surface area contributed by atoms with E-state index in [2.05, 4.69) is 42.1 Å². The summed E-state index contributed by atoms with van der Waals surface area (Å²) in [6.45, 7) is 5.90. The van der Waals surface area contributed by atoms with Gasteiger partial charge in [-0.15, -0.1) is 22.7 Å². The highest BCUT2D eigenvalue weighted by atomic mass is 32.1. The fraction of sp³-hybridized carbons (Fsp3) is 0.500. The maximum atomic E-state index is 5.11. The number of aromatic nitrogens is 1. The minimum Gasteiger partial charge on any atom is -0.383 e. The van der Waals surface area contributed by atoms with Gasteiger partial charge in [-0.05, 0) is 17.4 Å². The molecular formula is C14H20N2OS2. The third kappa shape index (κ3) is 3.86. The second-order valence-electron chi connectivity index (χ2n) is 4.66. The number of nitrogens with zero attached hydrogens (tertiary/aromatic N) is 1. The molecular weight excluding hydrogens is 276 g/mol. The number of nitrogens with one attached hydrogen (secondary N) is 1. The summed E-state index contributed by atoms with van der Waals surface area (Å²) in [6, 6.07) is 4.43. The van der Waals surface area contributed by atoms with Crippen molar-refractivity contribution in [1.29, 1.82) is 0 Å². The average Bonchev–Trinajstić information content (AvgIpc) is 3.06. The number of thiophene rings is 1. The first kappa shape index (κ1) is 14.7. The zero-order valence-electron chi connectivity index (χ0n) is 11.6. The van der Waals surface area contributed by atoms with E-state index in [0.717, 1.165) is 11.6 Å². The van der Waals surface area contributed by atoms with Crippen LogP contribution in [0.2, 0.25) is 0 Å². The lowest BCUT2D eigenvalue weighted by Crippen LogP contribution is -2.25. The lowest BCUT2D eigenvalue weighted by atomic mass is 10.1. The minimum atomic E-state index is 0.188. The van der Waals surface area contributed by atoms with Crippen molar-refractivity contribution in [2.45, 2.75) is 25.8 Å². The standard InChI is InChI=1S/C14H20N2OS2/c1-10(2)11-9-19-14(16-11)13(15-6-7-17-3)12-5-4-8-18-12/h4-5,8-10,13,15H,6-7H2,1-3H3. The normalized spacial score (nSPS) is 13.1. The molecule has 2 rings (SSSR count). The molecule has 0 spiro atoms. The summed E-state index contributed by atoms with van der Waals surface area (Å²) in [5.41, 5.74) is 1.18. The number of ether oxygens (including phenoxy) is 1. The molecule has 0 fully saturated rings. The Kier molecular flexibility index (Phi) is 5.51. The lowest BCUT2D eigenvalue weighted by Gasteiger charge is -2.14. The molecule has 0 aliphatic heterocycles. The Morgan fingerprint density at radius 3 is 2.79 bits per heavy atom. The number of thiazole rings is 1. The van der Waals surface area contributed by atoms with Gasteiger partial charge in [0.2, 0.25) is 0 Å². The summed E-state index contributed by atoms with van der Waals surface area (Å²) in [6.07, 6.45) is 0. The van der Waals surface area contributed by atoms with Gasteiger partial charge in [-0.3, -0.25) is 0 Å². The summed E-state index contributed by atoms with van der Waals surface area (Å²) in [5.74, 6) is 0.480. The van der Waals surface area contributed by atoms with Gasteiger partial charge in [0.25, 0.3) is 0 Å². The van der Waals surface area contributed by atoms with Crippen molar-refractivity contribution >= 4 is 22.7 Å². The second kappa shape index (κ2) is 7.14. The minimum absolute atomic E-state index is 0.188. The van der Waals surface area contributed by atoms with Crippen molar-refractivity contribution in [3.8, 4) is 0 Å². The Balaban J connectivity index is 2.16. The van der Waals surface area contributed by atoms with Crippen LogP contribution in [0.4, 0.5) is 0 Å². The molecule has 0 aliphatic rings. The van der Waals surface area contributed by atoms with Crippen molar-refractivity contribution in [3.05, 3.63) is 38.5 Å². The average molecular weight is 296 g/mol. The van der Waals surface area contributed by atoms with Crippen molar-refractivity contribution in [2.75, 3.05) is 20.3 Å². The van der Waals surface area contributed by atoms with E-state index in [-0.39, 0.29) is 6.04 Å². The largest absolute Gasteiger partial charge is 0.383 e. The van der Waals surface area contributed by atoms with Crippen LogP contribution in [0.3, 0.4) is 0 Å². The number of rotatable bonds is 7. The van der Waals surface area contributed by atoms with Gasteiger partial charge in [-0.25, -0.2) is 4.98 Å². The summed E-state index contributed by atoms with van der Waals surface area (Å²) < 4.78 is 5.11. The van der Waals surface area contributed by atoms with Crippen molar-refractivity contribution < 1.29 is 4.74 Å². The molecule has 1 unspecified atom stereocenters. The van der Waals surface area contributed by atoms with Gasteiger partial charge in [0.05, 0.1) is 18.3 Å². The van der Waals surface area contributed by atoms with E-state index in [4.69, 9.17) is 9.72 Å². The Morgan fingerprint density at radius 1 is 1.37 bits per heavy atom. The van der Waals surface area contributed by atoms with E-state index in [0.29, 0.717) is 12.5 Å². The van der Waals surface area contributed by atoms with Crippen molar-refractivity contribution in [3.63, 3.8) is 0 Å². The van der Waals surface area contributed by atoms with Crippen LogP contribution >= 0.6 is 22.7 Å². The fourth-order valence-corrected chi connectivity index (χ4v) is 3.72. The molecule has 0 aliphatic carbocycles. The van der Waals surface area contributed by atoms with Gasteiger partial charge in [-0.1, -0.05) is 19.9 Å². The highest BCUT2D eigenvalue weighted by Gasteiger charge is 2.18. The number of hydrogen-bond donors (Lipinski definition) is 1.